The number of aldehydes is 1. The Bertz CT molecular complexity index is 149. The Morgan fingerprint density at radius 2 is 2.27 bits per heavy atom. The van der Waals surface area contributed by atoms with Gasteiger partial charge in [0, 0.05) is 6.92 Å². The van der Waals surface area contributed by atoms with Crippen molar-refractivity contribution in [3.05, 3.63) is 12.2 Å². The van der Waals surface area contributed by atoms with Gasteiger partial charge in [-0.25, -0.2) is 0 Å². The molecule has 0 heterocycles. The van der Waals surface area contributed by atoms with Crippen molar-refractivity contribution < 1.29 is 14.3 Å². The van der Waals surface area contributed by atoms with E-state index in [0.29, 0.717) is 6.61 Å². The van der Waals surface area contributed by atoms with E-state index in [1.54, 1.807) is 6.08 Å². The highest BCUT2D eigenvalue weighted by atomic mass is 16.5. The summed E-state index contributed by atoms with van der Waals surface area (Å²) in [5, 5.41) is 0. The largest absolute Gasteiger partial charge is 0.466 e. The molecule has 0 aliphatic heterocycles. The van der Waals surface area contributed by atoms with Gasteiger partial charge < -0.3 is 4.74 Å². The number of rotatable bonds is 5. The van der Waals surface area contributed by atoms with Crippen LogP contribution in [0, 0.1) is 0 Å². The molecule has 0 aromatic heterocycles. The summed E-state index contributed by atoms with van der Waals surface area (Å²) in [5.74, 6) is -0.260. The molecule has 0 aliphatic rings. The van der Waals surface area contributed by atoms with Crippen molar-refractivity contribution in [3.8, 4) is 0 Å². The van der Waals surface area contributed by atoms with Gasteiger partial charge >= 0.3 is 5.97 Å². The van der Waals surface area contributed by atoms with Crippen LogP contribution in [0.5, 0.6) is 0 Å². The monoisotopic (exact) mass is 156 g/mol. The van der Waals surface area contributed by atoms with Crippen LogP contribution in [0.3, 0.4) is 0 Å². The van der Waals surface area contributed by atoms with Crippen LogP contribution in [0.4, 0.5) is 0 Å². The Hall–Kier alpha value is -1.12. The molecule has 0 atom stereocenters. The summed E-state index contributed by atoms with van der Waals surface area (Å²) in [4.78, 5) is 20.0. The molecule has 0 amide bonds. The minimum atomic E-state index is -0.260. The zero-order valence-corrected chi connectivity index (χ0v) is 6.58. The third-order valence-electron chi connectivity index (χ3n) is 1.04. The van der Waals surface area contributed by atoms with E-state index in [9.17, 15) is 9.59 Å². The van der Waals surface area contributed by atoms with Gasteiger partial charge in [0.25, 0.3) is 0 Å². The minimum absolute atomic E-state index is 0.260. The Morgan fingerprint density at radius 3 is 2.82 bits per heavy atom. The van der Waals surface area contributed by atoms with E-state index >= 15 is 0 Å². The molecule has 0 aromatic carbocycles. The summed E-state index contributed by atoms with van der Waals surface area (Å²) in [7, 11) is 0. The fourth-order valence-electron chi connectivity index (χ4n) is 0.569. The first kappa shape index (κ1) is 9.88. The Morgan fingerprint density at radius 1 is 1.55 bits per heavy atom. The van der Waals surface area contributed by atoms with Crippen LogP contribution in [0.2, 0.25) is 0 Å². The molecule has 0 aliphatic carbocycles. The van der Waals surface area contributed by atoms with E-state index < -0.39 is 0 Å². The van der Waals surface area contributed by atoms with Crippen LogP contribution in [-0.2, 0) is 14.3 Å². The van der Waals surface area contributed by atoms with Gasteiger partial charge in [-0.2, -0.15) is 0 Å². The van der Waals surface area contributed by atoms with Gasteiger partial charge in [0.2, 0.25) is 0 Å². The average molecular weight is 156 g/mol. The van der Waals surface area contributed by atoms with E-state index in [2.05, 4.69) is 4.74 Å². The summed E-state index contributed by atoms with van der Waals surface area (Å²) < 4.78 is 4.66. The molecule has 0 saturated carbocycles. The number of unbranched alkanes of at least 4 members (excludes halogenated alkanes) is 1. The fraction of sp³-hybridized carbons (Fsp3) is 0.500. The molecule has 0 N–H and O–H groups in total. The second-order valence-corrected chi connectivity index (χ2v) is 2.05. The lowest BCUT2D eigenvalue weighted by Crippen LogP contribution is -1.99. The normalized spacial score (nSPS) is 9.91. The first-order chi connectivity index (χ1) is 5.27. The first-order valence-electron chi connectivity index (χ1n) is 3.51. The highest BCUT2D eigenvalue weighted by Gasteiger charge is 1.89. The zero-order valence-electron chi connectivity index (χ0n) is 6.58. The van der Waals surface area contributed by atoms with E-state index in [-0.39, 0.29) is 5.97 Å². The van der Waals surface area contributed by atoms with Crippen molar-refractivity contribution in [2.45, 2.75) is 19.8 Å². The van der Waals surface area contributed by atoms with Crippen LogP contribution in [-0.4, -0.2) is 18.9 Å². The van der Waals surface area contributed by atoms with E-state index in [0.717, 1.165) is 19.1 Å². The SMILES string of the molecule is CC(=O)OCCCC=CC=O. The van der Waals surface area contributed by atoms with Gasteiger partial charge in [0.05, 0.1) is 6.61 Å². The molecule has 3 nitrogen and oxygen atoms in total. The van der Waals surface area contributed by atoms with Crippen molar-refractivity contribution in [1.29, 1.82) is 0 Å². The number of carbonyl (C=O) groups is 2. The summed E-state index contributed by atoms with van der Waals surface area (Å²) in [6.45, 7) is 1.81. The number of hydrogen-bond donors (Lipinski definition) is 0. The topological polar surface area (TPSA) is 43.4 Å². The average Bonchev–Trinajstić information content (AvgIpc) is 1.96. The summed E-state index contributed by atoms with van der Waals surface area (Å²) in [5.41, 5.74) is 0. The first-order valence-corrected chi connectivity index (χ1v) is 3.51. The molecule has 0 spiro atoms. The molecule has 0 fully saturated rings. The molecule has 0 aromatic rings. The van der Waals surface area contributed by atoms with Crippen molar-refractivity contribution >= 4 is 12.3 Å². The smallest absolute Gasteiger partial charge is 0.302 e. The van der Waals surface area contributed by atoms with Crippen LogP contribution in [0.1, 0.15) is 19.8 Å². The minimum Gasteiger partial charge on any atom is -0.466 e. The standard InChI is InChI=1S/C8H12O3/c1-8(10)11-7-5-3-2-4-6-9/h2,4,6H,3,5,7H2,1H3. The quantitative estimate of drug-likeness (QED) is 0.259. The van der Waals surface area contributed by atoms with Crippen LogP contribution < -0.4 is 0 Å². The molecule has 0 saturated heterocycles. The summed E-state index contributed by atoms with van der Waals surface area (Å²) in [6, 6.07) is 0. The number of hydrogen-bond acceptors (Lipinski definition) is 3. The fourth-order valence-corrected chi connectivity index (χ4v) is 0.569. The molecular formula is C8H12O3. The second kappa shape index (κ2) is 6.99. The number of carbonyl (C=O) groups excluding carboxylic acids is 2. The Kier molecular flexibility index (Phi) is 6.28. The van der Waals surface area contributed by atoms with Crippen LogP contribution in [0.25, 0.3) is 0 Å². The maximum absolute atomic E-state index is 10.2. The van der Waals surface area contributed by atoms with Gasteiger partial charge in [-0.15, -0.1) is 0 Å². The van der Waals surface area contributed by atoms with Crippen molar-refractivity contribution in [3.63, 3.8) is 0 Å². The van der Waals surface area contributed by atoms with Crippen LogP contribution >= 0.6 is 0 Å². The van der Waals surface area contributed by atoms with Gasteiger partial charge in [-0.05, 0) is 18.9 Å². The predicted molar refractivity (Wildman–Crippen MR) is 41.1 cm³/mol. The zero-order chi connectivity index (χ0) is 8.53. The predicted octanol–water partition coefficient (Wildman–Crippen LogP) is 1.08. The lowest BCUT2D eigenvalue weighted by atomic mass is 10.3. The third-order valence-corrected chi connectivity index (χ3v) is 1.04. The van der Waals surface area contributed by atoms with Crippen LogP contribution in [0.15, 0.2) is 12.2 Å². The highest BCUT2D eigenvalue weighted by molar-refractivity contribution is 5.65. The summed E-state index contributed by atoms with van der Waals surface area (Å²) in [6.07, 6.45) is 5.45. The number of esters is 1. The molecule has 0 unspecified atom stereocenters. The number of allylic oxidation sites excluding steroid dienone is 2. The number of ether oxygens (including phenoxy) is 1. The molecule has 0 bridgehead atoms. The van der Waals surface area contributed by atoms with Crippen molar-refractivity contribution in [2.24, 2.45) is 0 Å². The molecule has 0 radical (unpaired) electrons. The van der Waals surface area contributed by atoms with Gasteiger partial charge in [-0.3, -0.25) is 9.59 Å². The highest BCUT2D eigenvalue weighted by Crippen LogP contribution is 1.91. The molecule has 0 rings (SSSR count). The lowest BCUT2D eigenvalue weighted by Gasteiger charge is -1.97. The molecule has 62 valence electrons. The van der Waals surface area contributed by atoms with Gasteiger partial charge in [-0.1, -0.05) is 6.08 Å². The maximum Gasteiger partial charge on any atom is 0.302 e. The third kappa shape index (κ3) is 8.88. The van der Waals surface area contributed by atoms with Gasteiger partial charge in [0.15, 0.2) is 0 Å². The van der Waals surface area contributed by atoms with Gasteiger partial charge in [0.1, 0.15) is 6.29 Å². The summed E-state index contributed by atoms with van der Waals surface area (Å²) >= 11 is 0. The second-order valence-electron chi connectivity index (χ2n) is 2.05. The van der Waals surface area contributed by atoms with E-state index in [4.69, 9.17) is 0 Å². The lowest BCUT2D eigenvalue weighted by molar-refractivity contribution is -0.141. The van der Waals surface area contributed by atoms with E-state index in [1.807, 2.05) is 0 Å². The molecular weight excluding hydrogens is 144 g/mol. The maximum atomic E-state index is 10.2. The molecule has 11 heavy (non-hydrogen) atoms. The van der Waals surface area contributed by atoms with E-state index in [1.165, 1.54) is 13.0 Å². The van der Waals surface area contributed by atoms with Crippen molar-refractivity contribution in [1.82, 2.24) is 0 Å². The Balaban J connectivity index is 3.08. The Labute approximate surface area is 66.0 Å². The molecule has 3 heteroatoms. The van der Waals surface area contributed by atoms with Crippen molar-refractivity contribution in [2.75, 3.05) is 6.61 Å².